The maximum absolute atomic E-state index is 12.3. The van der Waals surface area contributed by atoms with Crippen LogP contribution in [0.2, 0.25) is 0 Å². The van der Waals surface area contributed by atoms with Gasteiger partial charge in [-0.1, -0.05) is 24.3 Å². The number of carbonyl (C=O) groups is 2. The van der Waals surface area contributed by atoms with Crippen molar-refractivity contribution in [3.8, 4) is 11.5 Å². The SMILES string of the molecule is Nc1ncc(OCc2ccc(OCCCN3C(=O)c4ccccc4C3=O)cc2)c(N)n1. The predicted octanol–water partition coefficient (Wildman–Crippen LogP) is 2.29. The minimum absolute atomic E-state index is 0.0920. The maximum Gasteiger partial charge on any atom is 0.261 e. The molecule has 2 aromatic carbocycles. The van der Waals surface area contributed by atoms with Crippen LogP contribution in [0, 0.1) is 0 Å². The summed E-state index contributed by atoms with van der Waals surface area (Å²) < 4.78 is 11.3. The molecule has 2 heterocycles. The van der Waals surface area contributed by atoms with Crippen LogP contribution in [0.25, 0.3) is 0 Å². The Morgan fingerprint density at radius 2 is 1.58 bits per heavy atom. The Labute approximate surface area is 178 Å². The van der Waals surface area contributed by atoms with Gasteiger partial charge in [0.15, 0.2) is 11.6 Å². The Morgan fingerprint density at radius 3 is 2.23 bits per heavy atom. The summed E-state index contributed by atoms with van der Waals surface area (Å²) in [5.41, 5.74) is 13.0. The van der Waals surface area contributed by atoms with Gasteiger partial charge in [0.2, 0.25) is 5.95 Å². The van der Waals surface area contributed by atoms with Gasteiger partial charge in [-0.25, -0.2) is 4.98 Å². The second-order valence-corrected chi connectivity index (χ2v) is 6.92. The molecule has 31 heavy (non-hydrogen) atoms. The van der Waals surface area contributed by atoms with Crippen molar-refractivity contribution in [2.24, 2.45) is 0 Å². The van der Waals surface area contributed by atoms with Gasteiger partial charge in [0, 0.05) is 6.54 Å². The van der Waals surface area contributed by atoms with Gasteiger partial charge < -0.3 is 20.9 Å². The number of amides is 2. The summed E-state index contributed by atoms with van der Waals surface area (Å²) in [5.74, 6) is 0.818. The van der Waals surface area contributed by atoms with Gasteiger partial charge in [0.1, 0.15) is 12.4 Å². The number of nitrogens with two attached hydrogens (primary N) is 2. The zero-order chi connectivity index (χ0) is 21.8. The summed E-state index contributed by atoms with van der Waals surface area (Å²) in [7, 11) is 0. The molecule has 0 saturated carbocycles. The first-order valence-corrected chi connectivity index (χ1v) is 9.70. The van der Waals surface area contributed by atoms with E-state index in [2.05, 4.69) is 9.97 Å². The summed E-state index contributed by atoms with van der Waals surface area (Å²) in [5, 5.41) is 0. The second kappa shape index (κ2) is 8.70. The van der Waals surface area contributed by atoms with Gasteiger partial charge in [-0.2, -0.15) is 4.98 Å². The standard InChI is InChI=1S/C22H21N5O4/c23-19-18(12-25-22(24)26-19)31-13-14-6-8-15(9-7-14)30-11-3-10-27-20(28)16-4-1-2-5-17(16)21(27)29/h1-2,4-9,12H,3,10-11,13H2,(H4,23,24,25,26). The zero-order valence-corrected chi connectivity index (χ0v) is 16.7. The topological polar surface area (TPSA) is 134 Å². The van der Waals surface area contributed by atoms with E-state index in [1.54, 1.807) is 24.3 Å². The predicted molar refractivity (Wildman–Crippen MR) is 114 cm³/mol. The van der Waals surface area contributed by atoms with Crippen molar-refractivity contribution >= 4 is 23.6 Å². The quantitative estimate of drug-likeness (QED) is 0.420. The van der Waals surface area contributed by atoms with Crippen molar-refractivity contribution in [1.29, 1.82) is 0 Å². The molecule has 0 spiro atoms. The van der Waals surface area contributed by atoms with Gasteiger partial charge >= 0.3 is 0 Å². The highest BCUT2D eigenvalue weighted by Gasteiger charge is 2.34. The van der Waals surface area contributed by atoms with Crippen molar-refractivity contribution in [3.05, 3.63) is 71.4 Å². The number of rotatable bonds is 8. The van der Waals surface area contributed by atoms with E-state index in [9.17, 15) is 9.59 Å². The lowest BCUT2D eigenvalue weighted by atomic mass is 10.1. The smallest absolute Gasteiger partial charge is 0.261 e. The minimum Gasteiger partial charge on any atom is -0.494 e. The minimum atomic E-state index is -0.253. The van der Waals surface area contributed by atoms with Gasteiger partial charge in [-0.3, -0.25) is 14.5 Å². The molecule has 2 amide bonds. The monoisotopic (exact) mass is 419 g/mol. The average molecular weight is 419 g/mol. The number of hydrogen-bond acceptors (Lipinski definition) is 8. The molecule has 3 aromatic rings. The van der Waals surface area contributed by atoms with Gasteiger partial charge in [-0.15, -0.1) is 0 Å². The molecule has 9 nitrogen and oxygen atoms in total. The van der Waals surface area contributed by atoms with Crippen LogP contribution in [0.1, 0.15) is 32.7 Å². The number of imide groups is 1. The lowest BCUT2D eigenvalue weighted by Crippen LogP contribution is -2.31. The fourth-order valence-electron chi connectivity index (χ4n) is 3.21. The average Bonchev–Trinajstić information content (AvgIpc) is 3.02. The van der Waals surface area contributed by atoms with Crippen LogP contribution in [0.4, 0.5) is 11.8 Å². The fraction of sp³-hybridized carbons (Fsp3) is 0.182. The molecular formula is C22H21N5O4. The Balaban J connectivity index is 1.23. The number of fused-ring (bicyclic) bond motifs is 1. The molecule has 0 aliphatic carbocycles. The highest BCUT2D eigenvalue weighted by Crippen LogP contribution is 2.23. The van der Waals surface area contributed by atoms with Crippen molar-refractivity contribution in [2.45, 2.75) is 13.0 Å². The van der Waals surface area contributed by atoms with Crippen LogP contribution in [-0.4, -0.2) is 39.8 Å². The van der Waals surface area contributed by atoms with E-state index in [1.807, 2.05) is 24.3 Å². The highest BCUT2D eigenvalue weighted by molar-refractivity contribution is 6.21. The third kappa shape index (κ3) is 4.40. The van der Waals surface area contributed by atoms with E-state index < -0.39 is 0 Å². The molecule has 1 aliphatic heterocycles. The summed E-state index contributed by atoms with van der Waals surface area (Å²) in [6, 6.07) is 14.2. The Kier molecular flexibility index (Phi) is 5.65. The fourth-order valence-corrected chi connectivity index (χ4v) is 3.21. The number of anilines is 2. The van der Waals surface area contributed by atoms with Crippen molar-refractivity contribution in [3.63, 3.8) is 0 Å². The van der Waals surface area contributed by atoms with Crippen molar-refractivity contribution < 1.29 is 19.1 Å². The number of carbonyl (C=O) groups excluding carboxylic acids is 2. The number of aromatic nitrogens is 2. The molecule has 0 saturated heterocycles. The van der Waals surface area contributed by atoms with Crippen LogP contribution < -0.4 is 20.9 Å². The Hall–Kier alpha value is -4.14. The molecule has 1 aliphatic rings. The molecule has 0 bridgehead atoms. The molecule has 0 fully saturated rings. The molecule has 9 heteroatoms. The zero-order valence-electron chi connectivity index (χ0n) is 16.7. The molecule has 1 aromatic heterocycles. The molecule has 0 atom stereocenters. The van der Waals surface area contributed by atoms with Gasteiger partial charge in [0.25, 0.3) is 11.8 Å². The van der Waals surface area contributed by atoms with Crippen LogP contribution in [-0.2, 0) is 6.61 Å². The largest absolute Gasteiger partial charge is 0.494 e. The van der Waals surface area contributed by atoms with Crippen molar-refractivity contribution in [2.75, 3.05) is 24.6 Å². The number of nitrogen functional groups attached to an aromatic ring is 2. The summed E-state index contributed by atoms with van der Waals surface area (Å²) >= 11 is 0. The molecule has 4 rings (SSSR count). The molecule has 4 N–H and O–H groups in total. The Morgan fingerprint density at radius 1 is 0.903 bits per heavy atom. The normalized spacial score (nSPS) is 12.7. The van der Waals surface area contributed by atoms with E-state index in [0.29, 0.717) is 42.2 Å². The number of hydrogen-bond donors (Lipinski definition) is 2. The van der Waals surface area contributed by atoms with Crippen LogP contribution in [0.3, 0.4) is 0 Å². The third-order valence-corrected chi connectivity index (χ3v) is 4.79. The highest BCUT2D eigenvalue weighted by atomic mass is 16.5. The molecule has 0 unspecified atom stereocenters. The first kappa shape index (κ1) is 20.1. The molecular weight excluding hydrogens is 398 g/mol. The number of ether oxygens (including phenoxy) is 2. The molecule has 158 valence electrons. The number of nitrogens with zero attached hydrogens (tertiary/aromatic N) is 3. The number of benzene rings is 2. The van der Waals surface area contributed by atoms with E-state index in [1.165, 1.54) is 11.1 Å². The summed E-state index contributed by atoms with van der Waals surface area (Å²) in [4.78, 5) is 33.6. The van der Waals surface area contributed by atoms with Gasteiger partial charge in [-0.05, 0) is 36.2 Å². The van der Waals surface area contributed by atoms with Crippen LogP contribution in [0.5, 0.6) is 11.5 Å². The second-order valence-electron chi connectivity index (χ2n) is 6.92. The first-order chi connectivity index (χ1) is 15.0. The lowest BCUT2D eigenvalue weighted by Gasteiger charge is -2.14. The first-order valence-electron chi connectivity index (χ1n) is 9.70. The third-order valence-electron chi connectivity index (χ3n) is 4.79. The maximum atomic E-state index is 12.3. The van der Waals surface area contributed by atoms with E-state index in [0.717, 1.165) is 5.56 Å². The van der Waals surface area contributed by atoms with E-state index in [4.69, 9.17) is 20.9 Å². The summed E-state index contributed by atoms with van der Waals surface area (Å²) in [6.45, 7) is 0.976. The molecule has 0 radical (unpaired) electrons. The lowest BCUT2D eigenvalue weighted by molar-refractivity contribution is 0.0646. The van der Waals surface area contributed by atoms with Crippen LogP contribution >= 0.6 is 0 Å². The summed E-state index contributed by atoms with van der Waals surface area (Å²) in [6.07, 6.45) is 1.97. The van der Waals surface area contributed by atoms with E-state index in [-0.39, 0.29) is 30.2 Å². The Bertz CT molecular complexity index is 1080. The van der Waals surface area contributed by atoms with E-state index >= 15 is 0 Å². The van der Waals surface area contributed by atoms with Gasteiger partial charge in [0.05, 0.1) is 23.9 Å². The van der Waals surface area contributed by atoms with Crippen molar-refractivity contribution in [1.82, 2.24) is 14.9 Å². The van der Waals surface area contributed by atoms with Crippen LogP contribution in [0.15, 0.2) is 54.7 Å².